The van der Waals surface area contributed by atoms with Gasteiger partial charge >= 0.3 is 0 Å². The largest absolute Gasteiger partial charge is 0.497 e. The molecule has 0 N–H and O–H groups in total. The Morgan fingerprint density at radius 3 is 2.64 bits per heavy atom. The van der Waals surface area contributed by atoms with E-state index in [9.17, 15) is 4.79 Å². The van der Waals surface area contributed by atoms with Gasteiger partial charge in [0.1, 0.15) is 17.0 Å². The molecule has 2 aromatic heterocycles. The van der Waals surface area contributed by atoms with Gasteiger partial charge in [-0.2, -0.15) is 5.10 Å². The highest BCUT2D eigenvalue weighted by Gasteiger charge is 2.12. The standard InChI is InChI=1S/C17H17N3O2/c1-3-11-20-17(21)14-5-4-10-18-16(14)15(19-20)12-6-8-13(22-2)9-7-12/h4-10H,3,11H2,1-2H3. The SMILES string of the molecule is CCCn1nc(-c2ccc(OC)cc2)c2ncccc2c1=O. The lowest BCUT2D eigenvalue weighted by Gasteiger charge is -2.10. The Labute approximate surface area is 128 Å². The Kier molecular flexibility index (Phi) is 3.87. The van der Waals surface area contributed by atoms with E-state index >= 15 is 0 Å². The molecular weight excluding hydrogens is 278 g/mol. The molecule has 0 aliphatic carbocycles. The minimum absolute atomic E-state index is 0.0952. The van der Waals surface area contributed by atoms with Gasteiger partial charge in [0.15, 0.2) is 0 Å². The van der Waals surface area contributed by atoms with Gasteiger partial charge in [-0.05, 0) is 42.8 Å². The molecule has 0 aliphatic heterocycles. The van der Waals surface area contributed by atoms with Crippen molar-refractivity contribution >= 4 is 10.9 Å². The predicted octanol–water partition coefficient (Wildman–Crippen LogP) is 2.88. The lowest BCUT2D eigenvalue weighted by atomic mass is 10.1. The highest BCUT2D eigenvalue weighted by atomic mass is 16.5. The maximum Gasteiger partial charge on any atom is 0.276 e. The van der Waals surface area contributed by atoms with Crippen molar-refractivity contribution in [1.29, 1.82) is 0 Å². The first-order valence-corrected chi connectivity index (χ1v) is 7.25. The van der Waals surface area contributed by atoms with E-state index in [1.807, 2.05) is 31.2 Å². The van der Waals surface area contributed by atoms with E-state index in [1.165, 1.54) is 4.68 Å². The second kappa shape index (κ2) is 5.97. The van der Waals surface area contributed by atoms with Crippen molar-refractivity contribution < 1.29 is 4.74 Å². The zero-order chi connectivity index (χ0) is 15.5. The molecule has 0 amide bonds. The van der Waals surface area contributed by atoms with Crippen LogP contribution >= 0.6 is 0 Å². The maximum atomic E-state index is 12.4. The van der Waals surface area contributed by atoms with Crippen LogP contribution in [-0.4, -0.2) is 21.9 Å². The van der Waals surface area contributed by atoms with Crippen molar-refractivity contribution in [3.05, 3.63) is 52.9 Å². The number of benzene rings is 1. The Morgan fingerprint density at radius 2 is 1.95 bits per heavy atom. The van der Waals surface area contributed by atoms with Gasteiger partial charge in [-0.25, -0.2) is 4.68 Å². The van der Waals surface area contributed by atoms with E-state index in [2.05, 4.69) is 10.1 Å². The number of rotatable bonds is 4. The fourth-order valence-electron chi connectivity index (χ4n) is 2.43. The maximum absolute atomic E-state index is 12.4. The molecule has 5 heteroatoms. The topological polar surface area (TPSA) is 57.0 Å². The summed E-state index contributed by atoms with van der Waals surface area (Å²) in [5.74, 6) is 0.780. The molecule has 0 unspecified atom stereocenters. The normalized spacial score (nSPS) is 10.8. The van der Waals surface area contributed by atoms with Crippen LogP contribution in [0.25, 0.3) is 22.2 Å². The van der Waals surface area contributed by atoms with Crippen LogP contribution in [0.3, 0.4) is 0 Å². The summed E-state index contributed by atoms with van der Waals surface area (Å²) in [6, 6.07) is 11.2. The predicted molar refractivity (Wildman–Crippen MR) is 86.1 cm³/mol. The quantitative estimate of drug-likeness (QED) is 0.742. The number of aromatic nitrogens is 3. The van der Waals surface area contributed by atoms with Crippen LogP contribution < -0.4 is 10.3 Å². The molecule has 0 saturated heterocycles. The Bertz CT molecular complexity index is 854. The smallest absolute Gasteiger partial charge is 0.276 e. The van der Waals surface area contributed by atoms with E-state index in [0.29, 0.717) is 23.1 Å². The van der Waals surface area contributed by atoms with Gasteiger partial charge in [-0.1, -0.05) is 6.92 Å². The molecule has 22 heavy (non-hydrogen) atoms. The van der Waals surface area contributed by atoms with Crippen LogP contribution in [0.1, 0.15) is 13.3 Å². The van der Waals surface area contributed by atoms with Gasteiger partial charge < -0.3 is 4.74 Å². The first kappa shape index (κ1) is 14.3. The van der Waals surface area contributed by atoms with E-state index < -0.39 is 0 Å². The molecule has 1 aromatic carbocycles. The fraction of sp³-hybridized carbons (Fsp3) is 0.235. The first-order valence-electron chi connectivity index (χ1n) is 7.25. The lowest BCUT2D eigenvalue weighted by molar-refractivity contribution is 0.415. The van der Waals surface area contributed by atoms with Crippen molar-refractivity contribution in [3.63, 3.8) is 0 Å². The first-order chi connectivity index (χ1) is 10.7. The van der Waals surface area contributed by atoms with Gasteiger partial charge in [-0.3, -0.25) is 9.78 Å². The summed E-state index contributed by atoms with van der Waals surface area (Å²) in [6.45, 7) is 2.61. The van der Waals surface area contributed by atoms with Gasteiger partial charge in [0.25, 0.3) is 5.56 Å². The number of fused-ring (bicyclic) bond motifs is 1. The number of hydrogen-bond acceptors (Lipinski definition) is 4. The monoisotopic (exact) mass is 295 g/mol. The summed E-state index contributed by atoms with van der Waals surface area (Å²) in [4.78, 5) is 16.8. The fourth-order valence-corrected chi connectivity index (χ4v) is 2.43. The molecule has 5 nitrogen and oxygen atoms in total. The van der Waals surface area contributed by atoms with Crippen molar-refractivity contribution in [2.24, 2.45) is 0 Å². The Hall–Kier alpha value is -2.69. The summed E-state index contributed by atoms with van der Waals surface area (Å²) < 4.78 is 6.70. The number of pyridine rings is 1. The minimum atomic E-state index is -0.0952. The molecule has 2 heterocycles. The number of ether oxygens (including phenoxy) is 1. The van der Waals surface area contributed by atoms with Crippen LogP contribution in [-0.2, 0) is 6.54 Å². The Morgan fingerprint density at radius 1 is 1.18 bits per heavy atom. The third kappa shape index (κ3) is 2.45. The average molecular weight is 295 g/mol. The van der Waals surface area contributed by atoms with Gasteiger partial charge in [0, 0.05) is 18.3 Å². The summed E-state index contributed by atoms with van der Waals surface area (Å²) >= 11 is 0. The number of aryl methyl sites for hydroxylation is 1. The van der Waals surface area contributed by atoms with Crippen molar-refractivity contribution in [2.45, 2.75) is 19.9 Å². The highest BCUT2D eigenvalue weighted by molar-refractivity contribution is 5.90. The lowest BCUT2D eigenvalue weighted by Crippen LogP contribution is -2.24. The zero-order valence-corrected chi connectivity index (χ0v) is 12.6. The molecule has 0 spiro atoms. The van der Waals surface area contributed by atoms with E-state index in [0.717, 1.165) is 17.7 Å². The number of hydrogen-bond donors (Lipinski definition) is 0. The van der Waals surface area contributed by atoms with E-state index in [4.69, 9.17) is 4.74 Å². The summed E-state index contributed by atoms with van der Waals surface area (Å²) in [5.41, 5.74) is 2.16. The summed E-state index contributed by atoms with van der Waals surface area (Å²) in [7, 11) is 1.63. The third-order valence-corrected chi connectivity index (χ3v) is 3.52. The second-order valence-electron chi connectivity index (χ2n) is 5.00. The average Bonchev–Trinajstić information content (AvgIpc) is 2.58. The molecule has 3 aromatic rings. The molecule has 0 saturated carbocycles. The summed E-state index contributed by atoms with van der Waals surface area (Å²) in [6.07, 6.45) is 2.53. The minimum Gasteiger partial charge on any atom is -0.497 e. The zero-order valence-electron chi connectivity index (χ0n) is 12.6. The molecule has 112 valence electrons. The van der Waals surface area contributed by atoms with Gasteiger partial charge in [0.05, 0.1) is 12.5 Å². The highest BCUT2D eigenvalue weighted by Crippen LogP contribution is 2.24. The molecule has 0 fully saturated rings. The molecule has 0 aliphatic rings. The molecule has 0 radical (unpaired) electrons. The molecule has 0 atom stereocenters. The van der Waals surface area contributed by atoms with Crippen LogP contribution in [0.15, 0.2) is 47.4 Å². The van der Waals surface area contributed by atoms with Crippen LogP contribution in [0.4, 0.5) is 0 Å². The van der Waals surface area contributed by atoms with Crippen LogP contribution in [0.2, 0.25) is 0 Å². The molecular formula is C17H17N3O2. The van der Waals surface area contributed by atoms with E-state index in [-0.39, 0.29) is 5.56 Å². The third-order valence-electron chi connectivity index (χ3n) is 3.52. The van der Waals surface area contributed by atoms with Crippen LogP contribution in [0, 0.1) is 0 Å². The molecule has 3 rings (SSSR count). The van der Waals surface area contributed by atoms with Crippen molar-refractivity contribution in [1.82, 2.24) is 14.8 Å². The van der Waals surface area contributed by atoms with E-state index in [1.54, 1.807) is 25.4 Å². The van der Waals surface area contributed by atoms with Gasteiger partial charge in [-0.15, -0.1) is 0 Å². The molecule has 0 bridgehead atoms. The van der Waals surface area contributed by atoms with Gasteiger partial charge in [0.2, 0.25) is 0 Å². The number of methoxy groups -OCH3 is 1. The second-order valence-corrected chi connectivity index (χ2v) is 5.00. The van der Waals surface area contributed by atoms with Crippen molar-refractivity contribution in [2.75, 3.05) is 7.11 Å². The van der Waals surface area contributed by atoms with Crippen LogP contribution in [0.5, 0.6) is 5.75 Å². The summed E-state index contributed by atoms with van der Waals surface area (Å²) in [5, 5.41) is 5.11. The van der Waals surface area contributed by atoms with Crippen molar-refractivity contribution in [3.8, 4) is 17.0 Å². The number of nitrogens with zero attached hydrogens (tertiary/aromatic N) is 3. The Balaban J connectivity index is 2.27.